The first-order valence-electron chi connectivity index (χ1n) is 8.00. The van der Waals surface area contributed by atoms with Gasteiger partial charge < -0.3 is 15.6 Å². The summed E-state index contributed by atoms with van der Waals surface area (Å²) in [7, 11) is 0. The predicted molar refractivity (Wildman–Crippen MR) is 89.7 cm³/mol. The Hall–Kier alpha value is -2.11. The van der Waals surface area contributed by atoms with Crippen LogP contribution in [0.5, 0.6) is 5.75 Å². The highest BCUT2D eigenvalue weighted by Gasteiger charge is 2.17. The third kappa shape index (κ3) is 3.46. The van der Waals surface area contributed by atoms with E-state index in [1.807, 2.05) is 24.3 Å². The van der Waals surface area contributed by atoms with E-state index in [9.17, 15) is 9.90 Å². The summed E-state index contributed by atoms with van der Waals surface area (Å²) in [5, 5.41) is 12.0. The van der Waals surface area contributed by atoms with Gasteiger partial charge in [-0.2, -0.15) is 0 Å². The molecular formula is C18H22N2O3. The fourth-order valence-corrected chi connectivity index (χ4v) is 3.21. The van der Waals surface area contributed by atoms with Gasteiger partial charge in [-0.25, -0.2) is 0 Å². The van der Waals surface area contributed by atoms with Crippen LogP contribution in [-0.4, -0.2) is 48.8 Å². The van der Waals surface area contributed by atoms with Crippen molar-refractivity contribution in [1.29, 1.82) is 0 Å². The smallest absolute Gasteiger partial charge is 0.249 e. The maximum atomic E-state index is 11.9. The summed E-state index contributed by atoms with van der Waals surface area (Å²) in [6, 6.07) is 9.22. The highest BCUT2D eigenvalue weighted by molar-refractivity contribution is 6.08. The zero-order valence-corrected chi connectivity index (χ0v) is 13.1. The molecule has 1 saturated heterocycles. The van der Waals surface area contributed by atoms with Crippen molar-refractivity contribution < 1.29 is 14.6 Å². The molecule has 3 rings (SSSR count). The molecule has 2 aromatic carbocycles. The van der Waals surface area contributed by atoms with E-state index in [4.69, 9.17) is 10.5 Å². The Morgan fingerprint density at radius 2 is 2.00 bits per heavy atom. The van der Waals surface area contributed by atoms with Crippen LogP contribution in [0.3, 0.4) is 0 Å². The van der Waals surface area contributed by atoms with Gasteiger partial charge in [-0.3, -0.25) is 9.69 Å². The molecule has 2 aromatic rings. The van der Waals surface area contributed by atoms with Crippen LogP contribution < -0.4 is 5.73 Å². The number of nitrogens with two attached hydrogens (primary N) is 1. The number of nitrogens with zero attached hydrogens (tertiary/aromatic N) is 1. The summed E-state index contributed by atoms with van der Waals surface area (Å²) in [6.07, 6.45) is 1.50. The van der Waals surface area contributed by atoms with Gasteiger partial charge in [0, 0.05) is 18.7 Å². The van der Waals surface area contributed by atoms with Gasteiger partial charge in [-0.1, -0.05) is 24.3 Å². The van der Waals surface area contributed by atoms with E-state index in [0.717, 1.165) is 50.0 Å². The average Bonchev–Trinajstić information content (AvgIpc) is 2.55. The topological polar surface area (TPSA) is 75.8 Å². The van der Waals surface area contributed by atoms with E-state index in [1.54, 1.807) is 6.07 Å². The maximum Gasteiger partial charge on any atom is 0.249 e. The molecule has 0 aromatic heterocycles. The van der Waals surface area contributed by atoms with Gasteiger partial charge in [0.15, 0.2) is 0 Å². The molecule has 1 fully saturated rings. The van der Waals surface area contributed by atoms with Crippen molar-refractivity contribution in [3.05, 3.63) is 41.5 Å². The zero-order chi connectivity index (χ0) is 16.2. The van der Waals surface area contributed by atoms with E-state index < -0.39 is 5.91 Å². The van der Waals surface area contributed by atoms with Crippen LogP contribution in [0, 0.1) is 0 Å². The number of aromatic hydroxyl groups is 1. The number of rotatable bonds is 5. The first kappa shape index (κ1) is 15.8. The number of hydrogen-bond donors (Lipinski definition) is 2. The number of carbonyl (C=O) groups excluding carboxylic acids is 1. The first-order chi connectivity index (χ1) is 11.2. The van der Waals surface area contributed by atoms with Crippen LogP contribution in [0.25, 0.3) is 10.8 Å². The van der Waals surface area contributed by atoms with E-state index in [-0.39, 0.29) is 5.75 Å². The zero-order valence-electron chi connectivity index (χ0n) is 13.1. The third-order valence-electron chi connectivity index (χ3n) is 4.38. The number of morpholine rings is 1. The lowest BCUT2D eigenvalue weighted by molar-refractivity contribution is 0.0374. The number of amides is 1. The Morgan fingerprint density at radius 1 is 1.26 bits per heavy atom. The van der Waals surface area contributed by atoms with Crippen molar-refractivity contribution >= 4 is 16.7 Å². The summed E-state index contributed by atoms with van der Waals surface area (Å²) in [4.78, 5) is 14.3. The first-order valence-corrected chi connectivity index (χ1v) is 8.00. The van der Waals surface area contributed by atoms with Gasteiger partial charge in [0.2, 0.25) is 5.91 Å². The number of ether oxygens (including phenoxy) is 1. The number of hydrogen-bond acceptors (Lipinski definition) is 4. The molecule has 23 heavy (non-hydrogen) atoms. The molecule has 0 radical (unpaired) electrons. The second-order valence-electron chi connectivity index (χ2n) is 5.89. The average molecular weight is 314 g/mol. The SMILES string of the molecule is NC(=O)c1c(CCCN2CCOCC2)c(O)cc2ccccc12. The molecule has 1 heterocycles. The molecule has 1 aliphatic heterocycles. The van der Waals surface area contributed by atoms with Gasteiger partial charge in [-0.15, -0.1) is 0 Å². The minimum atomic E-state index is -0.488. The maximum absolute atomic E-state index is 11.9. The third-order valence-corrected chi connectivity index (χ3v) is 4.38. The Balaban J connectivity index is 1.82. The van der Waals surface area contributed by atoms with E-state index in [2.05, 4.69) is 4.90 Å². The van der Waals surface area contributed by atoms with Crippen LogP contribution in [-0.2, 0) is 11.2 Å². The molecule has 5 heteroatoms. The summed E-state index contributed by atoms with van der Waals surface area (Å²) in [6.45, 7) is 4.34. The van der Waals surface area contributed by atoms with Crippen molar-refractivity contribution in [2.45, 2.75) is 12.8 Å². The molecule has 3 N–H and O–H groups in total. The molecule has 0 saturated carbocycles. The van der Waals surface area contributed by atoms with Crippen LogP contribution in [0.15, 0.2) is 30.3 Å². The highest BCUT2D eigenvalue weighted by Crippen LogP contribution is 2.31. The molecule has 1 aliphatic rings. The van der Waals surface area contributed by atoms with Crippen LogP contribution >= 0.6 is 0 Å². The van der Waals surface area contributed by atoms with Crippen LogP contribution in [0.4, 0.5) is 0 Å². The van der Waals surface area contributed by atoms with E-state index >= 15 is 0 Å². The van der Waals surface area contributed by atoms with Gasteiger partial charge in [-0.05, 0) is 36.2 Å². The molecule has 0 aliphatic carbocycles. The summed E-state index contributed by atoms with van der Waals surface area (Å²) < 4.78 is 5.34. The number of phenolic OH excluding ortho intramolecular Hbond substituents is 1. The van der Waals surface area contributed by atoms with E-state index in [1.165, 1.54) is 0 Å². The van der Waals surface area contributed by atoms with Gasteiger partial charge >= 0.3 is 0 Å². The molecule has 0 atom stereocenters. The highest BCUT2D eigenvalue weighted by atomic mass is 16.5. The van der Waals surface area contributed by atoms with Crippen molar-refractivity contribution in [3.63, 3.8) is 0 Å². The Morgan fingerprint density at radius 3 is 2.74 bits per heavy atom. The minimum Gasteiger partial charge on any atom is -0.508 e. The molecule has 5 nitrogen and oxygen atoms in total. The number of primary amides is 1. The predicted octanol–water partition coefficient (Wildman–Crippen LogP) is 1.91. The summed E-state index contributed by atoms with van der Waals surface area (Å²) in [5.74, 6) is -0.335. The Kier molecular flexibility index (Phi) is 4.79. The molecule has 122 valence electrons. The van der Waals surface area contributed by atoms with Gasteiger partial charge in [0.05, 0.1) is 18.8 Å². The van der Waals surface area contributed by atoms with Crippen molar-refractivity contribution in [3.8, 4) is 5.75 Å². The molecule has 0 unspecified atom stereocenters. The standard InChI is InChI=1S/C18H22N2O3/c19-18(22)17-14-5-2-1-4-13(14)12-16(21)15(17)6-3-7-20-8-10-23-11-9-20/h1-2,4-5,12,21H,3,6-11H2,(H2,19,22). The summed E-state index contributed by atoms with van der Waals surface area (Å²) >= 11 is 0. The minimum absolute atomic E-state index is 0.152. The fourth-order valence-electron chi connectivity index (χ4n) is 3.21. The van der Waals surface area contributed by atoms with E-state index in [0.29, 0.717) is 17.5 Å². The second-order valence-corrected chi connectivity index (χ2v) is 5.89. The quantitative estimate of drug-likeness (QED) is 0.884. The fraction of sp³-hybridized carbons (Fsp3) is 0.389. The van der Waals surface area contributed by atoms with Crippen LogP contribution in [0.2, 0.25) is 0 Å². The number of phenols is 1. The van der Waals surface area contributed by atoms with Gasteiger partial charge in [0.1, 0.15) is 5.75 Å². The molecule has 0 bridgehead atoms. The summed E-state index contributed by atoms with van der Waals surface area (Å²) in [5.41, 5.74) is 6.69. The van der Waals surface area contributed by atoms with Crippen molar-refractivity contribution in [2.75, 3.05) is 32.8 Å². The lowest BCUT2D eigenvalue weighted by Gasteiger charge is -2.26. The Labute approximate surface area is 135 Å². The number of benzene rings is 2. The molecule has 1 amide bonds. The largest absolute Gasteiger partial charge is 0.508 e. The monoisotopic (exact) mass is 314 g/mol. The molecule has 0 spiro atoms. The van der Waals surface area contributed by atoms with Crippen molar-refractivity contribution in [1.82, 2.24) is 4.90 Å². The van der Waals surface area contributed by atoms with Gasteiger partial charge in [0.25, 0.3) is 0 Å². The second kappa shape index (κ2) is 6.98. The number of carbonyl (C=O) groups is 1. The lowest BCUT2D eigenvalue weighted by Crippen LogP contribution is -2.37. The normalized spacial score (nSPS) is 15.8. The van der Waals surface area contributed by atoms with Crippen molar-refractivity contribution in [2.24, 2.45) is 5.73 Å². The lowest BCUT2D eigenvalue weighted by atomic mass is 9.94. The Bertz CT molecular complexity index is 709. The molecular weight excluding hydrogens is 292 g/mol. The van der Waals surface area contributed by atoms with Crippen LogP contribution in [0.1, 0.15) is 22.3 Å². The number of fused-ring (bicyclic) bond motifs is 1.